The highest BCUT2D eigenvalue weighted by Gasteiger charge is 2.38. The molecule has 0 saturated carbocycles. The molecule has 10 nitrogen and oxygen atoms in total. The third kappa shape index (κ3) is 13.9. The first-order chi connectivity index (χ1) is 20.3. The Hall–Kier alpha value is -2.98. The average Bonchev–Trinajstić information content (AvgIpc) is 3.30. The summed E-state index contributed by atoms with van der Waals surface area (Å²) < 4.78 is 5.35. The van der Waals surface area contributed by atoms with Crippen LogP contribution in [-0.2, 0) is 36.8 Å². The molecule has 2 fully saturated rings. The predicted octanol–water partition coefficient (Wildman–Crippen LogP) is 3.20. The fraction of sp³-hybridized carbons (Fsp3) is 0.697. The number of aliphatic hydroxyl groups is 2. The number of aliphatic hydroxyl groups excluding tert-OH is 2. The zero-order valence-corrected chi connectivity index (χ0v) is 26.7. The highest BCUT2D eigenvalue weighted by molar-refractivity contribution is 5.88. The Kier molecular flexibility index (Phi) is 15.1. The van der Waals surface area contributed by atoms with E-state index in [-0.39, 0.29) is 36.3 Å². The molecule has 242 valence electrons. The molecule has 0 aromatic heterocycles. The van der Waals surface area contributed by atoms with E-state index in [9.17, 15) is 19.2 Å². The lowest BCUT2D eigenvalue weighted by molar-refractivity contribution is -0.154. The van der Waals surface area contributed by atoms with E-state index in [1.807, 2.05) is 49.9 Å². The summed E-state index contributed by atoms with van der Waals surface area (Å²) in [4.78, 5) is 49.9. The molecule has 4 atom stereocenters. The molecule has 0 spiro atoms. The van der Waals surface area contributed by atoms with E-state index >= 15 is 0 Å². The summed E-state index contributed by atoms with van der Waals surface area (Å²) in [6, 6.07) is 8.26. The van der Waals surface area contributed by atoms with E-state index < -0.39 is 17.7 Å². The number of rotatable bonds is 11. The van der Waals surface area contributed by atoms with Gasteiger partial charge in [0.1, 0.15) is 11.6 Å². The first-order valence-electron chi connectivity index (χ1n) is 15.7. The Morgan fingerprint density at radius 1 is 1.00 bits per heavy atom. The van der Waals surface area contributed by atoms with Gasteiger partial charge in [-0.15, -0.1) is 0 Å². The van der Waals surface area contributed by atoms with Crippen molar-refractivity contribution >= 4 is 23.7 Å². The Morgan fingerprint density at radius 3 is 2.19 bits per heavy atom. The van der Waals surface area contributed by atoms with Crippen molar-refractivity contribution in [3.8, 4) is 0 Å². The van der Waals surface area contributed by atoms with Crippen LogP contribution in [0.5, 0.6) is 0 Å². The summed E-state index contributed by atoms with van der Waals surface area (Å²) in [6.45, 7) is 9.30. The molecule has 2 heterocycles. The van der Waals surface area contributed by atoms with E-state index in [0.29, 0.717) is 44.7 Å². The van der Waals surface area contributed by atoms with E-state index in [1.54, 1.807) is 0 Å². The van der Waals surface area contributed by atoms with Crippen molar-refractivity contribution in [2.75, 3.05) is 13.2 Å². The van der Waals surface area contributed by atoms with Crippen LogP contribution in [0, 0.1) is 0 Å². The molecule has 3 amide bonds. The number of amides is 3. The van der Waals surface area contributed by atoms with Crippen LogP contribution in [-0.4, -0.2) is 81.8 Å². The zero-order valence-electron chi connectivity index (χ0n) is 26.7. The number of benzene rings is 1. The normalized spacial score (nSPS) is 21.0. The zero-order chi connectivity index (χ0) is 32.0. The van der Waals surface area contributed by atoms with Crippen molar-refractivity contribution < 1.29 is 34.1 Å². The van der Waals surface area contributed by atoms with Gasteiger partial charge in [0.05, 0.1) is 12.7 Å². The lowest BCUT2D eigenvalue weighted by atomic mass is 9.98. The standard InChI is InChI=1S/C27H40N2O4.C6H13NO3/c1-19-9-16-22-7-5-6-8-23(26(32)29(19)22)28-24(30)17-14-20-10-12-21(13-11-20)15-18-25(31)33-27(2,3)4;1-5(9)7-3-2-6(10)4-8/h10-13,19,22-23H,5-9,14-18H2,1-4H3,(H,28,30);6,8,10H,2-4H2,1H3,(H,7,9)/t19-,22?,23+;6-/m10/s1. The van der Waals surface area contributed by atoms with Crippen molar-refractivity contribution in [1.82, 2.24) is 15.5 Å². The second-order valence-corrected chi connectivity index (χ2v) is 12.7. The number of nitrogens with zero attached hydrogens (tertiary/aromatic N) is 1. The van der Waals surface area contributed by atoms with Crippen LogP contribution in [0.4, 0.5) is 0 Å². The van der Waals surface area contributed by atoms with Gasteiger partial charge in [-0.25, -0.2) is 0 Å². The van der Waals surface area contributed by atoms with Crippen LogP contribution < -0.4 is 10.6 Å². The molecule has 1 unspecified atom stereocenters. The Balaban J connectivity index is 0.000000553. The predicted molar refractivity (Wildman–Crippen MR) is 165 cm³/mol. The molecule has 1 aromatic rings. The summed E-state index contributed by atoms with van der Waals surface area (Å²) in [5, 5.41) is 22.6. The van der Waals surface area contributed by atoms with Gasteiger partial charge in [-0.3, -0.25) is 19.2 Å². The number of carbonyl (C=O) groups excluding carboxylic acids is 4. The Bertz CT molecular complexity index is 1040. The Morgan fingerprint density at radius 2 is 1.60 bits per heavy atom. The largest absolute Gasteiger partial charge is 0.460 e. The molecule has 10 heteroatoms. The van der Waals surface area contributed by atoms with Crippen molar-refractivity contribution in [2.24, 2.45) is 0 Å². The number of aryl methyl sites for hydroxylation is 2. The smallest absolute Gasteiger partial charge is 0.306 e. The van der Waals surface area contributed by atoms with E-state index in [1.165, 1.54) is 6.92 Å². The second kappa shape index (κ2) is 18.0. The minimum Gasteiger partial charge on any atom is -0.460 e. The average molecular weight is 604 g/mol. The van der Waals surface area contributed by atoms with Crippen LogP contribution in [0.25, 0.3) is 0 Å². The maximum absolute atomic E-state index is 13.1. The highest BCUT2D eigenvalue weighted by atomic mass is 16.6. The number of carbonyl (C=O) groups is 4. The van der Waals surface area contributed by atoms with Crippen molar-refractivity contribution in [1.29, 1.82) is 0 Å². The highest BCUT2D eigenvalue weighted by Crippen LogP contribution is 2.30. The van der Waals surface area contributed by atoms with Crippen LogP contribution >= 0.6 is 0 Å². The minimum atomic E-state index is -0.716. The maximum atomic E-state index is 13.1. The Labute approximate surface area is 256 Å². The molecule has 3 rings (SSSR count). The van der Waals surface area contributed by atoms with Gasteiger partial charge in [0.25, 0.3) is 0 Å². The molecule has 0 bridgehead atoms. The van der Waals surface area contributed by atoms with Gasteiger partial charge in [-0.1, -0.05) is 37.1 Å². The summed E-state index contributed by atoms with van der Waals surface area (Å²) in [7, 11) is 0. The van der Waals surface area contributed by atoms with Gasteiger partial charge in [0.15, 0.2) is 0 Å². The summed E-state index contributed by atoms with van der Waals surface area (Å²) in [6.07, 6.45) is 7.72. The minimum absolute atomic E-state index is 0.0636. The third-order valence-electron chi connectivity index (χ3n) is 7.72. The molecule has 1 aromatic carbocycles. The molecule has 0 radical (unpaired) electrons. The number of hydrogen-bond donors (Lipinski definition) is 4. The SMILES string of the molecule is CC(=O)NCC[C@H](O)CO.C[C@@H]1CCC2CCCC[C@H](NC(=O)CCc3ccc(CCC(=O)OC(C)(C)C)cc3)C(=O)N21. The van der Waals surface area contributed by atoms with E-state index in [4.69, 9.17) is 14.9 Å². The molecule has 2 aliphatic rings. The van der Waals surface area contributed by atoms with Gasteiger partial charge in [0, 0.05) is 38.4 Å². The second-order valence-electron chi connectivity index (χ2n) is 12.7. The van der Waals surface area contributed by atoms with Crippen LogP contribution in [0.3, 0.4) is 0 Å². The number of fused-ring (bicyclic) bond motifs is 1. The molecule has 2 aliphatic heterocycles. The fourth-order valence-corrected chi connectivity index (χ4v) is 5.46. The van der Waals surface area contributed by atoms with Gasteiger partial charge in [-0.05, 0) is 83.8 Å². The molecule has 2 saturated heterocycles. The first-order valence-corrected chi connectivity index (χ1v) is 15.7. The van der Waals surface area contributed by atoms with Gasteiger partial charge in [0.2, 0.25) is 17.7 Å². The third-order valence-corrected chi connectivity index (χ3v) is 7.72. The van der Waals surface area contributed by atoms with Crippen molar-refractivity contribution in [3.05, 3.63) is 35.4 Å². The number of ether oxygens (including phenoxy) is 1. The van der Waals surface area contributed by atoms with Crippen LogP contribution in [0.1, 0.15) is 104 Å². The molecular formula is C33H53N3O7. The first kappa shape index (κ1) is 36.2. The summed E-state index contributed by atoms with van der Waals surface area (Å²) in [5.41, 5.74) is 1.68. The van der Waals surface area contributed by atoms with Gasteiger partial charge in [-0.2, -0.15) is 0 Å². The van der Waals surface area contributed by atoms with E-state index in [0.717, 1.165) is 49.7 Å². The number of hydrogen-bond acceptors (Lipinski definition) is 7. The lowest BCUT2D eigenvalue weighted by Gasteiger charge is -2.34. The summed E-state index contributed by atoms with van der Waals surface area (Å²) in [5.74, 6) is -0.273. The molecule has 4 N–H and O–H groups in total. The lowest BCUT2D eigenvalue weighted by Crippen LogP contribution is -2.52. The molecular weight excluding hydrogens is 550 g/mol. The van der Waals surface area contributed by atoms with Crippen molar-refractivity contribution in [3.63, 3.8) is 0 Å². The van der Waals surface area contributed by atoms with Gasteiger partial charge < -0.3 is 30.5 Å². The topological polar surface area (TPSA) is 145 Å². The maximum Gasteiger partial charge on any atom is 0.306 e. The molecule has 0 aliphatic carbocycles. The van der Waals surface area contributed by atoms with Crippen molar-refractivity contribution in [2.45, 2.75) is 135 Å². The number of nitrogens with one attached hydrogen (secondary N) is 2. The molecule has 43 heavy (non-hydrogen) atoms. The van der Waals surface area contributed by atoms with Crippen LogP contribution in [0.15, 0.2) is 24.3 Å². The van der Waals surface area contributed by atoms with Gasteiger partial charge >= 0.3 is 5.97 Å². The van der Waals surface area contributed by atoms with Crippen LogP contribution in [0.2, 0.25) is 0 Å². The quantitative estimate of drug-likeness (QED) is 0.284. The fourth-order valence-electron chi connectivity index (χ4n) is 5.46. The van der Waals surface area contributed by atoms with E-state index in [2.05, 4.69) is 17.6 Å². The number of esters is 1. The summed E-state index contributed by atoms with van der Waals surface area (Å²) >= 11 is 0. The monoisotopic (exact) mass is 603 g/mol.